The van der Waals surface area contributed by atoms with Gasteiger partial charge in [0.05, 0.1) is 11.6 Å². The van der Waals surface area contributed by atoms with Crippen LogP contribution in [0.5, 0.6) is 0 Å². The maximum Gasteiger partial charge on any atom is 0.155 e. The zero-order valence-corrected chi connectivity index (χ0v) is 28.9. The number of allylic oxidation sites excluding steroid dienone is 1. The number of fused-ring (bicyclic) bond motifs is 3. The molecule has 7 aromatic carbocycles. The second kappa shape index (κ2) is 13.3. The van der Waals surface area contributed by atoms with Crippen molar-refractivity contribution in [3.05, 3.63) is 186 Å². The second-order valence-corrected chi connectivity index (χ2v) is 13.0. The Kier molecular flexibility index (Phi) is 8.28. The topological polar surface area (TPSA) is 49.0 Å². The molecule has 0 saturated heterocycles. The van der Waals surface area contributed by atoms with Crippen LogP contribution in [0.1, 0.15) is 34.7 Å². The van der Waals surface area contributed by atoms with E-state index in [-0.39, 0.29) is 0 Å². The molecule has 51 heavy (non-hydrogen) atoms. The van der Waals surface area contributed by atoms with Crippen molar-refractivity contribution in [3.63, 3.8) is 0 Å². The van der Waals surface area contributed by atoms with Gasteiger partial charge in [-0.05, 0) is 110 Å². The molecule has 1 aromatic heterocycles. The van der Waals surface area contributed by atoms with Crippen molar-refractivity contribution in [2.75, 3.05) is 0 Å². The first-order valence-electron chi connectivity index (χ1n) is 17.2. The molecule has 0 amide bonds. The number of hydrogen-bond acceptors (Lipinski definition) is 3. The van der Waals surface area contributed by atoms with E-state index >= 15 is 0 Å². The highest BCUT2D eigenvalue weighted by molar-refractivity contribution is 6.21. The summed E-state index contributed by atoms with van der Waals surface area (Å²) in [5.74, 6) is 0.741. The van der Waals surface area contributed by atoms with Crippen LogP contribution in [0, 0.1) is 25.2 Å². The number of hydrogen-bond donors (Lipinski definition) is 0. The van der Waals surface area contributed by atoms with Crippen LogP contribution in [0.4, 0.5) is 5.82 Å². The summed E-state index contributed by atoms with van der Waals surface area (Å²) in [6.07, 6.45) is 4.09. The molecule has 0 aliphatic heterocycles. The zero-order valence-electron chi connectivity index (χ0n) is 28.9. The molecule has 3 nitrogen and oxygen atoms in total. The molecule has 0 bridgehead atoms. The highest BCUT2D eigenvalue weighted by Gasteiger charge is 2.17. The minimum atomic E-state index is 0.658. The van der Waals surface area contributed by atoms with Crippen LogP contribution in [0.25, 0.3) is 60.1 Å². The van der Waals surface area contributed by atoms with Gasteiger partial charge in [-0.3, -0.25) is 0 Å². The van der Waals surface area contributed by atoms with Gasteiger partial charge in [-0.2, -0.15) is 5.26 Å². The lowest BCUT2D eigenvalue weighted by Gasteiger charge is -2.18. The summed E-state index contributed by atoms with van der Waals surface area (Å²) in [4.78, 5) is 9.73. The summed E-state index contributed by atoms with van der Waals surface area (Å²) >= 11 is 0. The van der Waals surface area contributed by atoms with Crippen molar-refractivity contribution >= 4 is 49.4 Å². The molecule has 8 aromatic rings. The Balaban J connectivity index is 1.26. The van der Waals surface area contributed by atoms with E-state index in [2.05, 4.69) is 160 Å². The van der Waals surface area contributed by atoms with E-state index < -0.39 is 0 Å². The van der Waals surface area contributed by atoms with E-state index in [9.17, 15) is 5.26 Å². The first kappa shape index (κ1) is 31.6. The van der Waals surface area contributed by atoms with Gasteiger partial charge < -0.3 is 0 Å². The number of nitriles is 1. The summed E-state index contributed by atoms with van der Waals surface area (Å²) in [6.45, 7) is 6.31. The van der Waals surface area contributed by atoms with E-state index in [1.54, 1.807) is 0 Å². The molecule has 0 radical (unpaired) electrons. The minimum Gasteiger partial charge on any atom is -0.236 e. The molecule has 0 atom stereocenters. The molecule has 8 rings (SSSR count). The highest BCUT2D eigenvalue weighted by atomic mass is 14.9. The van der Waals surface area contributed by atoms with E-state index in [1.807, 2.05) is 24.4 Å². The molecular formula is C48H35N3. The van der Waals surface area contributed by atoms with E-state index in [4.69, 9.17) is 9.98 Å². The SMILES string of the molecule is CC(/C=C(/c1ccc(-c2c3ccccc3c(-c3ccc(C#N)cc3)c3ccccc23)cc1)c1ccccc1C)=Nc1ncc2ccccc2c1C. The minimum absolute atomic E-state index is 0.658. The van der Waals surface area contributed by atoms with Crippen molar-refractivity contribution in [1.82, 2.24) is 4.98 Å². The van der Waals surface area contributed by atoms with Crippen molar-refractivity contribution in [3.8, 4) is 28.3 Å². The van der Waals surface area contributed by atoms with Gasteiger partial charge in [-0.1, -0.05) is 133 Å². The molecule has 3 heteroatoms. The van der Waals surface area contributed by atoms with Crippen LogP contribution in [0.2, 0.25) is 0 Å². The van der Waals surface area contributed by atoms with Crippen LogP contribution >= 0.6 is 0 Å². The average molecular weight is 654 g/mol. The Morgan fingerprint density at radius 2 is 1.12 bits per heavy atom. The maximum absolute atomic E-state index is 9.42. The first-order chi connectivity index (χ1) is 25.0. The van der Waals surface area contributed by atoms with Crippen molar-refractivity contribution in [2.24, 2.45) is 4.99 Å². The van der Waals surface area contributed by atoms with Crippen LogP contribution in [0.15, 0.2) is 163 Å². The molecule has 0 unspecified atom stereocenters. The van der Waals surface area contributed by atoms with Crippen LogP contribution in [0.3, 0.4) is 0 Å². The van der Waals surface area contributed by atoms with Gasteiger partial charge >= 0.3 is 0 Å². The predicted molar refractivity (Wildman–Crippen MR) is 215 cm³/mol. The fraction of sp³-hybridized carbons (Fsp3) is 0.0625. The Hall–Kier alpha value is -6.63. The summed E-state index contributed by atoms with van der Waals surface area (Å²) in [5, 5.41) is 16.5. The van der Waals surface area contributed by atoms with Crippen molar-refractivity contribution in [2.45, 2.75) is 20.8 Å². The van der Waals surface area contributed by atoms with Crippen LogP contribution < -0.4 is 0 Å². The van der Waals surface area contributed by atoms with Crippen molar-refractivity contribution < 1.29 is 0 Å². The Bertz CT molecular complexity index is 2650. The average Bonchev–Trinajstić information content (AvgIpc) is 3.18. The highest BCUT2D eigenvalue weighted by Crippen LogP contribution is 2.44. The number of pyridine rings is 1. The molecule has 0 saturated carbocycles. The monoisotopic (exact) mass is 653 g/mol. The number of aromatic nitrogens is 1. The summed E-state index contributed by atoms with van der Waals surface area (Å²) in [6, 6.07) is 53.3. The lowest BCUT2D eigenvalue weighted by atomic mass is 9.85. The van der Waals surface area contributed by atoms with E-state index in [0.29, 0.717) is 5.56 Å². The molecule has 0 aliphatic rings. The summed E-state index contributed by atoms with van der Waals surface area (Å²) < 4.78 is 0. The van der Waals surface area contributed by atoms with Crippen LogP contribution in [-0.2, 0) is 0 Å². The molecule has 0 aliphatic carbocycles. The quantitative estimate of drug-likeness (QED) is 0.132. The molecule has 242 valence electrons. The van der Waals surface area contributed by atoms with Gasteiger partial charge in [0.1, 0.15) is 0 Å². The number of aryl methyl sites for hydroxylation is 2. The van der Waals surface area contributed by atoms with E-state index in [1.165, 1.54) is 49.2 Å². The Morgan fingerprint density at radius 3 is 1.69 bits per heavy atom. The fourth-order valence-electron chi connectivity index (χ4n) is 7.29. The van der Waals surface area contributed by atoms with Crippen LogP contribution in [-0.4, -0.2) is 10.7 Å². The number of aliphatic imine (C=N–C) groups is 1. The van der Waals surface area contributed by atoms with E-state index in [0.717, 1.165) is 44.7 Å². The third-order valence-electron chi connectivity index (χ3n) is 9.82. The smallest absolute Gasteiger partial charge is 0.155 e. The summed E-state index contributed by atoms with van der Waals surface area (Å²) in [5.41, 5.74) is 11.9. The number of rotatable bonds is 6. The fourth-order valence-corrected chi connectivity index (χ4v) is 7.29. The van der Waals surface area contributed by atoms with Gasteiger partial charge in [-0.15, -0.1) is 0 Å². The summed E-state index contributed by atoms with van der Waals surface area (Å²) in [7, 11) is 0. The molecular weight excluding hydrogens is 619 g/mol. The Labute approximate surface area is 298 Å². The maximum atomic E-state index is 9.42. The Morgan fingerprint density at radius 1 is 0.608 bits per heavy atom. The largest absolute Gasteiger partial charge is 0.236 e. The normalized spacial score (nSPS) is 12.0. The first-order valence-corrected chi connectivity index (χ1v) is 17.2. The molecule has 0 fully saturated rings. The number of nitrogens with zero attached hydrogens (tertiary/aromatic N) is 3. The lowest BCUT2D eigenvalue weighted by Crippen LogP contribution is -1.97. The molecule has 1 heterocycles. The van der Waals surface area contributed by atoms with Gasteiger partial charge in [0.25, 0.3) is 0 Å². The number of benzene rings is 7. The van der Waals surface area contributed by atoms with Gasteiger partial charge in [-0.25, -0.2) is 9.98 Å². The lowest BCUT2D eigenvalue weighted by molar-refractivity contribution is 1.25. The third-order valence-corrected chi connectivity index (χ3v) is 9.82. The zero-order chi connectivity index (χ0) is 34.9. The van der Waals surface area contributed by atoms with Crippen molar-refractivity contribution in [1.29, 1.82) is 5.26 Å². The standard InChI is InChI=1S/C48H35N3/c1-31-12-4-6-14-39(31)45(28-32(2)51-48-33(3)40-15-7-5-13-38(40)30-50-48)35-24-26-37(27-25-35)47-43-18-10-8-16-41(43)46(42-17-9-11-19-44(42)47)36-22-20-34(29-49)21-23-36/h4-28,30H,1-3H3/b45-28-,51-32?. The van der Waals surface area contributed by atoms with Gasteiger partial charge in [0.2, 0.25) is 0 Å². The molecule has 0 N–H and O–H groups in total. The van der Waals surface area contributed by atoms with Gasteiger partial charge in [0.15, 0.2) is 5.82 Å². The second-order valence-electron chi connectivity index (χ2n) is 13.0. The molecule has 0 spiro atoms. The third kappa shape index (κ3) is 5.88. The van der Waals surface area contributed by atoms with Gasteiger partial charge in [0, 0.05) is 22.9 Å². The predicted octanol–water partition coefficient (Wildman–Crippen LogP) is 12.6.